The van der Waals surface area contributed by atoms with Crippen LogP contribution in [0.2, 0.25) is 0 Å². The van der Waals surface area contributed by atoms with Gasteiger partial charge < -0.3 is 4.74 Å². The number of benzene rings is 1. The number of ether oxygens (including phenoxy) is 1. The van der Waals surface area contributed by atoms with Crippen LogP contribution in [0.15, 0.2) is 24.3 Å². The first-order valence-corrected chi connectivity index (χ1v) is 7.06. The molecule has 1 aromatic rings. The second kappa shape index (κ2) is 5.84. The Bertz CT molecular complexity index is 533. The molecule has 0 N–H and O–H groups in total. The van der Waals surface area contributed by atoms with Crippen molar-refractivity contribution in [3.63, 3.8) is 0 Å². The first kappa shape index (κ1) is 15.5. The van der Waals surface area contributed by atoms with Gasteiger partial charge in [-0.1, -0.05) is 12.1 Å². The Labute approximate surface area is 123 Å². The van der Waals surface area contributed by atoms with Crippen LogP contribution in [-0.4, -0.2) is 28.9 Å². The van der Waals surface area contributed by atoms with Crippen LogP contribution in [-0.2, 0) is 9.53 Å². The highest BCUT2D eigenvalue weighted by Crippen LogP contribution is 2.29. The number of nitrogens with zero attached hydrogens (tertiary/aromatic N) is 1. The van der Waals surface area contributed by atoms with Crippen LogP contribution in [0.1, 0.15) is 45.2 Å². The molecule has 1 aliphatic heterocycles. The van der Waals surface area contributed by atoms with Crippen molar-refractivity contribution in [3.05, 3.63) is 35.6 Å². The fourth-order valence-corrected chi connectivity index (χ4v) is 2.39. The smallest absolute Gasteiger partial charge is 0.411 e. The molecule has 1 amide bonds. The predicted molar refractivity (Wildman–Crippen MR) is 76.3 cm³/mol. The number of likely N-dealkylation sites (tertiary alicyclic amines) is 1. The Kier molecular flexibility index (Phi) is 4.30. The molecule has 4 nitrogen and oxygen atoms in total. The van der Waals surface area contributed by atoms with Gasteiger partial charge in [-0.15, -0.1) is 0 Å². The maximum absolute atomic E-state index is 13.0. The van der Waals surface area contributed by atoms with Crippen LogP contribution in [0.4, 0.5) is 9.18 Å². The third-order valence-corrected chi connectivity index (χ3v) is 3.25. The Morgan fingerprint density at radius 3 is 2.48 bits per heavy atom. The fourth-order valence-electron chi connectivity index (χ4n) is 2.39. The van der Waals surface area contributed by atoms with Crippen LogP contribution in [0, 0.1) is 5.82 Å². The van der Waals surface area contributed by atoms with E-state index in [0.29, 0.717) is 24.9 Å². The molecule has 5 heteroatoms. The number of rotatable bonds is 1. The van der Waals surface area contributed by atoms with E-state index in [-0.39, 0.29) is 11.6 Å². The monoisotopic (exact) mass is 293 g/mol. The maximum Gasteiger partial charge on any atom is 0.411 e. The van der Waals surface area contributed by atoms with Crippen molar-refractivity contribution < 1.29 is 18.7 Å². The van der Waals surface area contributed by atoms with E-state index in [1.165, 1.54) is 17.0 Å². The van der Waals surface area contributed by atoms with Gasteiger partial charge >= 0.3 is 6.09 Å². The second-order valence-electron chi connectivity index (χ2n) is 6.20. The van der Waals surface area contributed by atoms with Crippen molar-refractivity contribution in [1.29, 1.82) is 0 Å². The maximum atomic E-state index is 13.0. The van der Waals surface area contributed by atoms with Crippen LogP contribution in [0.5, 0.6) is 0 Å². The molecule has 0 saturated carbocycles. The SMILES string of the molecule is CC(C)(C)OC(=O)N1CCCC(=O)[C@@H]1c1ccc(F)cc1. The minimum atomic E-state index is -0.686. The first-order chi connectivity index (χ1) is 9.78. The number of piperidine rings is 1. The van der Waals surface area contributed by atoms with Crippen LogP contribution < -0.4 is 0 Å². The summed E-state index contributed by atoms with van der Waals surface area (Å²) in [6.45, 7) is 5.80. The Morgan fingerprint density at radius 1 is 1.29 bits per heavy atom. The van der Waals surface area contributed by atoms with Crippen LogP contribution in [0.25, 0.3) is 0 Å². The highest BCUT2D eigenvalue weighted by molar-refractivity contribution is 5.89. The number of ketones is 1. The zero-order valence-electron chi connectivity index (χ0n) is 12.6. The van der Waals surface area contributed by atoms with Crippen molar-refractivity contribution in [3.8, 4) is 0 Å². The third-order valence-electron chi connectivity index (χ3n) is 3.25. The molecular formula is C16H20FNO3. The molecule has 114 valence electrons. The van der Waals surface area contributed by atoms with Gasteiger partial charge in [0.1, 0.15) is 17.5 Å². The Balaban J connectivity index is 2.27. The van der Waals surface area contributed by atoms with Gasteiger partial charge in [-0.05, 0) is 44.9 Å². The lowest BCUT2D eigenvalue weighted by Crippen LogP contribution is -2.45. The van der Waals surface area contributed by atoms with Crippen molar-refractivity contribution in [1.82, 2.24) is 4.90 Å². The van der Waals surface area contributed by atoms with Gasteiger partial charge in [0.25, 0.3) is 0 Å². The summed E-state index contributed by atoms with van der Waals surface area (Å²) < 4.78 is 18.4. The van der Waals surface area contributed by atoms with Crippen LogP contribution in [0.3, 0.4) is 0 Å². The van der Waals surface area contributed by atoms with Crippen LogP contribution >= 0.6 is 0 Å². The molecule has 1 fully saturated rings. The van der Waals surface area contributed by atoms with Gasteiger partial charge in [-0.3, -0.25) is 9.69 Å². The molecule has 1 atom stereocenters. The highest BCUT2D eigenvalue weighted by atomic mass is 19.1. The molecule has 0 bridgehead atoms. The molecule has 1 aromatic carbocycles. The van der Waals surface area contributed by atoms with Gasteiger partial charge in [-0.2, -0.15) is 0 Å². The molecule has 1 aliphatic rings. The van der Waals surface area contributed by atoms with E-state index in [0.717, 1.165) is 0 Å². The quantitative estimate of drug-likeness (QED) is 0.796. The van der Waals surface area contributed by atoms with Crippen molar-refractivity contribution >= 4 is 11.9 Å². The minimum absolute atomic E-state index is 0.0429. The lowest BCUT2D eigenvalue weighted by atomic mass is 9.94. The first-order valence-electron chi connectivity index (χ1n) is 7.06. The number of Topliss-reactive ketones (excluding diaryl/α,β-unsaturated/α-hetero) is 1. The van der Waals surface area contributed by atoms with Gasteiger partial charge in [0.15, 0.2) is 5.78 Å². The van der Waals surface area contributed by atoms with E-state index in [9.17, 15) is 14.0 Å². The molecule has 2 rings (SSSR count). The molecule has 1 saturated heterocycles. The number of hydrogen-bond acceptors (Lipinski definition) is 3. The average Bonchev–Trinajstić information content (AvgIpc) is 2.38. The van der Waals surface area contributed by atoms with E-state index in [2.05, 4.69) is 0 Å². The van der Waals surface area contributed by atoms with E-state index in [4.69, 9.17) is 4.74 Å². The zero-order chi connectivity index (χ0) is 15.6. The number of carbonyl (C=O) groups excluding carboxylic acids is 2. The Morgan fingerprint density at radius 2 is 1.90 bits per heavy atom. The average molecular weight is 293 g/mol. The summed E-state index contributed by atoms with van der Waals surface area (Å²) in [6.07, 6.45) is 0.529. The summed E-state index contributed by atoms with van der Waals surface area (Å²) in [4.78, 5) is 25.9. The number of carbonyl (C=O) groups is 2. The zero-order valence-corrected chi connectivity index (χ0v) is 12.6. The number of halogens is 1. The minimum Gasteiger partial charge on any atom is -0.444 e. The summed E-state index contributed by atoms with van der Waals surface area (Å²) >= 11 is 0. The summed E-state index contributed by atoms with van der Waals surface area (Å²) in [7, 11) is 0. The molecule has 0 aliphatic carbocycles. The van der Waals surface area contributed by atoms with Gasteiger partial charge in [0, 0.05) is 13.0 Å². The van der Waals surface area contributed by atoms with Crippen molar-refractivity contribution in [2.24, 2.45) is 0 Å². The summed E-state index contributed by atoms with van der Waals surface area (Å²) in [5, 5.41) is 0. The molecule has 0 radical (unpaired) electrons. The topological polar surface area (TPSA) is 46.6 Å². The lowest BCUT2D eigenvalue weighted by molar-refractivity contribution is -0.127. The molecular weight excluding hydrogens is 273 g/mol. The number of hydrogen-bond donors (Lipinski definition) is 0. The molecule has 1 heterocycles. The summed E-state index contributed by atoms with van der Waals surface area (Å²) in [6, 6.07) is 4.99. The summed E-state index contributed by atoms with van der Waals surface area (Å²) in [5.41, 5.74) is -0.00256. The van der Waals surface area contributed by atoms with E-state index in [1.807, 2.05) is 0 Å². The standard InChI is InChI=1S/C16H20FNO3/c1-16(2,3)21-15(20)18-10-4-5-13(19)14(18)11-6-8-12(17)9-7-11/h6-9,14H,4-5,10H2,1-3H3/t14-/m0/s1. The van der Waals surface area contributed by atoms with Gasteiger partial charge in [0.05, 0.1) is 0 Å². The predicted octanol–water partition coefficient (Wildman–Crippen LogP) is 3.47. The Hall–Kier alpha value is -1.91. The van der Waals surface area contributed by atoms with E-state index < -0.39 is 17.7 Å². The van der Waals surface area contributed by atoms with Gasteiger partial charge in [0.2, 0.25) is 0 Å². The van der Waals surface area contributed by atoms with E-state index >= 15 is 0 Å². The highest BCUT2D eigenvalue weighted by Gasteiger charge is 2.36. The number of amides is 1. The van der Waals surface area contributed by atoms with Gasteiger partial charge in [-0.25, -0.2) is 9.18 Å². The molecule has 0 aromatic heterocycles. The van der Waals surface area contributed by atoms with Crippen molar-refractivity contribution in [2.75, 3.05) is 6.54 Å². The fraction of sp³-hybridized carbons (Fsp3) is 0.500. The van der Waals surface area contributed by atoms with Crippen molar-refractivity contribution in [2.45, 2.75) is 45.3 Å². The molecule has 0 spiro atoms. The lowest BCUT2D eigenvalue weighted by Gasteiger charge is -2.36. The normalized spacial score (nSPS) is 19.5. The second-order valence-corrected chi connectivity index (χ2v) is 6.20. The largest absolute Gasteiger partial charge is 0.444 e. The van der Waals surface area contributed by atoms with E-state index in [1.54, 1.807) is 32.9 Å². The molecule has 21 heavy (non-hydrogen) atoms. The third kappa shape index (κ3) is 3.80. The summed E-state index contributed by atoms with van der Waals surface area (Å²) in [5.74, 6) is -0.412. The molecule has 0 unspecified atom stereocenters.